The maximum Gasteiger partial charge on any atom is 0.338 e. The van der Waals surface area contributed by atoms with E-state index in [0.29, 0.717) is 11.3 Å². The molecule has 0 aliphatic carbocycles. The highest BCUT2D eigenvalue weighted by Crippen LogP contribution is 2.47. The van der Waals surface area contributed by atoms with E-state index < -0.39 is 5.60 Å². The van der Waals surface area contributed by atoms with Crippen molar-refractivity contribution in [1.82, 2.24) is 0 Å². The number of esters is 1. The lowest BCUT2D eigenvalue weighted by molar-refractivity contribution is 0.0524. The van der Waals surface area contributed by atoms with Gasteiger partial charge in [0.2, 0.25) is 0 Å². The average Bonchev–Trinajstić information content (AvgIpc) is 3.26. The number of hydrogen-bond acceptors (Lipinski definition) is 5. The minimum absolute atomic E-state index is 0.286. The number of anilines is 1. The molecule has 0 amide bonds. The zero-order chi connectivity index (χ0) is 38.3. The van der Waals surface area contributed by atoms with Gasteiger partial charge in [0.15, 0.2) is 5.60 Å². The van der Waals surface area contributed by atoms with E-state index in [-0.39, 0.29) is 12.6 Å². The number of nitrogens with zero attached hydrogens (tertiary/aromatic N) is 1. The minimum atomic E-state index is -0.899. The molecule has 56 heavy (non-hydrogen) atoms. The van der Waals surface area contributed by atoms with Crippen LogP contribution in [0.4, 0.5) is 5.69 Å². The number of piperidine rings is 1. The third kappa shape index (κ3) is 7.72. The van der Waals surface area contributed by atoms with Crippen molar-refractivity contribution in [2.45, 2.75) is 51.6 Å². The molecule has 1 unspecified atom stereocenters. The molecule has 2 aliphatic rings. The highest BCUT2D eigenvalue weighted by molar-refractivity contribution is 6.04. The van der Waals surface area contributed by atoms with Gasteiger partial charge >= 0.3 is 5.97 Å². The summed E-state index contributed by atoms with van der Waals surface area (Å²) < 4.78 is 18.7. The van der Waals surface area contributed by atoms with Gasteiger partial charge < -0.3 is 19.1 Å². The van der Waals surface area contributed by atoms with Gasteiger partial charge in [-0.15, -0.1) is 0 Å². The number of carbonyl (C=O) groups excluding carboxylic acids is 1. The Labute approximate surface area is 330 Å². The van der Waals surface area contributed by atoms with E-state index in [9.17, 15) is 4.79 Å². The van der Waals surface area contributed by atoms with Gasteiger partial charge in [-0.1, -0.05) is 116 Å². The van der Waals surface area contributed by atoms with Crippen molar-refractivity contribution >= 4 is 40.7 Å². The fourth-order valence-electron chi connectivity index (χ4n) is 7.85. The molecule has 1 atom stereocenters. The van der Waals surface area contributed by atoms with Crippen LogP contribution in [0.15, 0.2) is 133 Å². The molecule has 0 radical (unpaired) electrons. The van der Waals surface area contributed by atoms with Crippen molar-refractivity contribution in [3.63, 3.8) is 0 Å². The molecule has 1 saturated heterocycles. The van der Waals surface area contributed by atoms with Gasteiger partial charge in [-0.25, -0.2) is 4.79 Å². The molecular weight excluding hydrogens is 691 g/mol. The summed E-state index contributed by atoms with van der Waals surface area (Å²) in [7, 11) is 0. The highest BCUT2D eigenvalue weighted by Gasteiger charge is 2.39. The van der Waals surface area contributed by atoms with Crippen LogP contribution in [-0.4, -0.2) is 32.3 Å². The van der Waals surface area contributed by atoms with Gasteiger partial charge in [0.1, 0.15) is 11.5 Å². The maximum atomic E-state index is 13.5. The van der Waals surface area contributed by atoms with Crippen LogP contribution in [0.2, 0.25) is 0 Å². The third-order valence-corrected chi connectivity index (χ3v) is 11.0. The molecule has 2 aliphatic heterocycles. The Bertz CT molecular complexity index is 2340. The molecule has 5 nitrogen and oxygen atoms in total. The maximum absolute atomic E-state index is 13.5. The third-order valence-electron chi connectivity index (χ3n) is 11.0. The molecule has 282 valence electrons. The lowest BCUT2D eigenvalue weighted by Crippen LogP contribution is -2.35. The Kier molecular flexibility index (Phi) is 11.0. The predicted molar refractivity (Wildman–Crippen MR) is 231 cm³/mol. The molecule has 6 aromatic carbocycles. The van der Waals surface area contributed by atoms with E-state index in [1.54, 1.807) is 0 Å². The Balaban J connectivity index is 1.11. The molecule has 0 spiro atoms. The summed E-state index contributed by atoms with van der Waals surface area (Å²) in [6, 6.07) is 44.3. The quantitative estimate of drug-likeness (QED) is 0.0710. The summed E-state index contributed by atoms with van der Waals surface area (Å²) >= 11 is 0. The SMILES string of the molecule is CCCCOc1ccc(-c2ccc(/C=C/c3ccc4c5c(c(C(=O)OCC)cc4c3)C=CC(c3ccccc3)(c3ccc(N4CCCCC4)cc3)O5)cc2)cc1. The van der Waals surface area contributed by atoms with E-state index in [1.807, 2.05) is 49.4 Å². The molecule has 1 fully saturated rings. The topological polar surface area (TPSA) is 48.0 Å². The summed E-state index contributed by atoms with van der Waals surface area (Å²) in [5.41, 5.74) is 8.03. The summed E-state index contributed by atoms with van der Waals surface area (Å²) in [5, 5.41) is 1.84. The van der Waals surface area contributed by atoms with E-state index in [4.69, 9.17) is 14.2 Å². The van der Waals surface area contributed by atoms with Crippen molar-refractivity contribution in [1.29, 1.82) is 0 Å². The molecule has 2 heterocycles. The Morgan fingerprint density at radius 3 is 2.14 bits per heavy atom. The Hall–Kier alpha value is -6.07. The van der Waals surface area contributed by atoms with Crippen LogP contribution in [0.1, 0.15) is 84.1 Å². The molecule has 0 bridgehead atoms. The highest BCUT2D eigenvalue weighted by atomic mass is 16.5. The first kappa shape index (κ1) is 36.9. The lowest BCUT2D eigenvalue weighted by atomic mass is 9.82. The monoisotopic (exact) mass is 739 g/mol. The Morgan fingerprint density at radius 1 is 0.750 bits per heavy atom. The number of ether oxygens (including phenoxy) is 3. The first-order chi connectivity index (χ1) is 27.5. The second-order valence-electron chi connectivity index (χ2n) is 14.7. The van der Waals surface area contributed by atoms with E-state index in [2.05, 4.69) is 121 Å². The summed E-state index contributed by atoms with van der Waals surface area (Å²) in [6.07, 6.45) is 14.3. The van der Waals surface area contributed by atoms with Crippen LogP contribution in [0.3, 0.4) is 0 Å². The van der Waals surface area contributed by atoms with Crippen LogP contribution in [0, 0.1) is 0 Å². The van der Waals surface area contributed by atoms with Gasteiger partial charge in [-0.05, 0) is 109 Å². The fraction of sp³-hybridized carbons (Fsp3) is 0.235. The lowest BCUT2D eigenvalue weighted by Gasteiger charge is -2.37. The number of benzene rings is 6. The van der Waals surface area contributed by atoms with Crippen molar-refractivity contribution in [2.75, 3.05) is 31.2 Å². The van der Waals surface area contributed by atoms with Gasteiger partial charge in [0.25, 0.3) is 0 Å². The standard InChI is InChI=1S/C51H49NO4/c1-3-5-34-55-45-27-21-40(22-28-45)39-19-16-37(17-20-39)14-15-38-18-29-46-41(35-38)36-48(50(53)54-4-2)47-30-31-51(56-49(46)47,42-12-8-6-9-13-42)43-23-25-44(26-24-43)52-32-10-7-11-33-52/h6,8-9,12-31,35-36H,3-5,7,10-11,32-34H2,1-2H3/b15-14+. The molecule has 0 N–H and O–H groups in total. The van der Waals surface area contributed by atoms with Gasteiger partial charge in [-0.2, -0.15) is 0 Å². The van der Waals surface area contributed by atoms with Crippen LogP contribution in [0.5, 0.6) is 11.5 Å². The second kappa shape index (κ2) is 16.7. The average molecular weight is 740 g/mol. The van der Waals surface area contributed by atoms with Gasteiger partial charge in [0, 0.05) is 40.9 Å². The smallest absolute Gasteiger partial charge is 0.338 e. The predicted octanol–water partition coefficient (Wildman–Crippen LogP) is 12.4. The summed E-state index contributed by atoms with van der Waals surface area (Å²) in [5.74, 6) is 1.21. The van der Waals surface area contributed by atoms with E-state index in [0.717, 1.165) is 88.0 Å². The molecule has 0 saturated carbocycles. The molecule has 6 aromatic rings. The fourth-order valence-corrected chi connectivity index (χ4v) is 7.85. The zero-order valence-electron chi connectivity index (χ0n) is 32.4. The first-order valence-electron chi connectivity index (χ1n) is 20.1. The van der Waals surface area contributed by atoms with Gasteiger partial charge in [0.05, 0.1) is 18.8 Å². The minimum Gasteiger partial charge on any atom is -0.494 e. The molecule has 8 rings (SSSR count). The van der Waals surface area contributed by atoms with Crippen LogP contribution >= 0.6 is 0 Å². The largest absolute Gasteiger partial charge is 0.494 e. The summed E-state index contributed by atoms with van der Waals surface area (Å²) in [4.78, 5) is 16.0. The second-order valence-corrected chi connectivity index (χ2v) is 14.7. The van der Waals surface area contributed by atoms with E-state index in [1.165, 1.54) is 24.9 Å². The molecule has 0 aromatic heterocycles. The van der Waals surface area contributed by atoms with Crippen molar-refractivity contribution in [3.8, 4) is 22.6 Å². The van der Waals surface area contributed by atoms with Crippen LogP contribution in [-0.2, 0) is 10.3 Å². The van der Waals surface area contributed by atoms with Crippen LogP contribution in [0.25, 0.3) is 40.1 Å². The number of fused-ring (bicyclic) bond motifs is 3. The first-order valence-corrected chi connectivity index (χ1v) is 20.1. The number of unbranched alkanes of at least 4 members (excludes halogenated alkanes) is 1. The van der Waals surface area contributed by atoms with Crippen molar-refractivity contribution in [3.05, 3.63) is 167 Å². The number of rotatable bonds is 12. The van der Waals surface area contributed by atoms with Crippen LogP contribution < -0.4 is 14.4 Å². The zero-order valence-corrected chi connectivity index (χ0v) is 32.4. The van der Waals surface area contributed by atoms with E-state index >= 15 is 0 Å². The normalized spacial score (nSPS) is 16.4. The van der Waals surface area contributed by atoms with Crippen molar-refractivity contribution in [2.24, 2.45) is 0 Å². The number of carbonyl (C=O) groups is 1. The van der Waals surface area contributed by atoms with Gasteiger partial charge in [-0.3, -0.25) is 0 Å². The number of hydrogen-bond donors (Lipinski definition) is 0. The summed E-state index contributed by atoms with van der Waals surface area (Å²) in [6.45, 7) is 7.21. The molecule has 5 heteroatoms. The van der Waals surface area contributed by atoms with Crippen molar-refractivity contribution < 1.29 is 19.0 Å². The molecular formula is C51H49NO4. The Morgan fingerprint density at radius 2 is 1.43 bits per heavy atom.